The second-order valence-corrected chi connectivity index (χ2v) is 4.28. The predicted molar refractivity (Wildman–Crippen MR) is 75.1 cm³/mol. The van der Waals surface area contributed by atoms with E-state index < -0.39 is 17.5 Å². The third-order valence-electron chi connectivity index (χ3n) is 2.60. The number of halogens is 2. The average molecular weight is 292 g/mol. The Bertz CT molecular complexity index is 649. The molecule has 2 N–H and O–H groups in total. The van der Waals surface area contributed by atoms with Gasteiger partial charge >= 0.3 is 0 Å². The van der Waals surface area contributed by atoms with E-state index >= 15 is 0 Å². The van der Waals surface area contributed by atoms with Crippen LogP contribution in [0.1, 0.15) is 23.8 Å². The Morgan fingerprint density at radius 2 is 2.05 bits per heavy atom. The second-order valence-electron chi connectivity index (χ2n) is 4.28. The molecule has 0 atom stereocenters. The highest BCUT2D eigenvalue weighted by molar-refractivity contribution is 6.02. The first-order valence-electron chi connectivity index (χ1n) is 6.43. The maximum absolute atomic E-state index is 13.1. The molecule has 1 amide bonds. The van der Waals surface area contributed by atoms with Crippen molar-refractivity contribution >= 4 is 17.5 Å². The first-order valence-corrected chi connectivity index (χ1v) is 6.43. The van der Waals surface area contributed by atoms with Crippen molar-refractivity contribution in [3.05, 3.63) is 47.8 Å². The zero-order valence-corrected chi connectivity index (χ0v) is 11.4. The van der Waals surface area contributed by atoms with Crippen LogP contribution in [0, 0.1) is 11.6 Å². The maximum Gasteiger partial charge on any atom is 0.274 e. The van der Waals surface area contributed by atoms with Crippen molar-refractivity contribution in [2.75, 3.05) is 17.2 Å². The fourth-order valence-electron chi connectivity index (χ4n) is 1.58. The second kappa shape index (κ2) is 6.74. The first kappa shape index (κ1) is 14.8. The molecule has 0 radical (unpaired) electrons. The van der Waals surface area contributed by atoms with E-state index in [0.29, 0.717) is 12.5 Å². The van der Waals surface area contributed by atoms with Gasteiger partial charge in [0.1, 0.15) is 5.69 Å². The van der Waals surface area contributed by atoms with Crippen LogP contribution >= 0.6 is 0 Å². The number of benzene rings is 1. The van der Waals surface area contributed by atoms with Crippen molar-refractivity contribution in [1.29, 1.82) is 0 Å². The molecule has 0 saturated heterocycles. The number of carbonyl (C=O) groups is 1. The van der Waals surface area contributed by atoms with E-state index in [0.717, 1.165) is 18.6 Å². The van der Waals surface area contributed by atoms with Gasteiger partial charge in [-0.3, -0.25) is 4.79 Å². The highest BCUT2D eigenvalue weighted by Crippen LogP contribution is 2.14. The van der Waals surface area contributed by atoms with Gasteiger partial charge in [-0.2, -0.15) is 0 Å². The van der Waals surface area contributed by atoms with Gasteiger partial charge < -0.3 is 10.6 Å². The van der Waals surface area contributed by atoms with E-state index in [1.54, 1.807) is 0 Å². The molecule has 0 bridgehead atoms. The van der Waals surface area contributed by atoms with E-state index in [4.69, 9.17) is 0 Å². The number of amides is 1. The minimum atomic E-state index is -1.03. The normalized spacial score (nSPS) is 10.2. The molecule has 1 heterocycles. The molecule has 0 aliphatic rings. The number of hydrogen-bond acceptors (Lipinski definition) is 4. The average Bonchev–Trinajstić information content (AvgIpc) is 2.49. The van der Waals surface area contributed by atoms with Gasteiger partial charge in [0.05, 0.1) is 0 Å². The molecule has 0 fully saturated rings. The fraction of sp³-hybridized carbons (Fsp3) is 0.214. The van der Waals surface area contributed by atoms with Crippen LogP contribution in [0.2, 0.25) is 0 Å². The number of anilines is 2. The van der Waals surface area contributed by atoms with Gasteiger partial charge in [-0.15, -0.1) is 0 Å². The lowest BCUT2D eigenvalue weighted by Gasteiger charge is -2.07. The highest BCUT2D eigenvalue weighted by atomic mass is 19.2. The molecule has 0 aliphatic heterocycles. The SMILES string of the molecule is CCCNc1nccc(C(=O)Nc2ccc(F)c(F)c2)n1. The molecule has 1 aromatic carbocycles. The molecule has 0 spiro atoms. The van der Waals surface area contributed by atoms with Crippen molar-refractivity contribution in [2.24, 2.45) is 0 Å². The summed E-state index contributed by atoms with van der Waals surface area (Å²) in [7, 11) is 0. The first-order chi connectivity index (χ1) is 10.1. The van der Waals surface area contributed by atoms with Crippen molar-refractivity contribution in [3.63, 3.8) is 0 Å². The molecular weight excluding hydrogens is 278 g/mol. The molecule has 7 heteroatoms. The summed E-state index contributed by atoms with van der Waals surface area (Å²) in [6.45, 7) is 2.68. The summed E-state index contributed by atoms with van der Waals surface area (Å²) in [5.41, 5.74) is 0.286. The molecule has 0 unspecified atom stereocenters. The topological polar surface area (TPSA) is 66.9 Å². The zero-order chi connectivity index (χ0) is 15.2. The molecule has 5 nitrogen and oxygen atoms in total. The van der Waals surface area contributed by atoms with Gasteiger partial charge in [0.25, 0.3) is 5.91 Å². The Labute approximate surface area is 120 Å². The Morgan fingerprint density at radius 1 is 1.24 bits per heavy atom. The fourth-order valence-corrected chi connectivity index (χ4v) is 1.58. The Kier molecular flexibility index (Phi) is 4.76. The predicted octanol–water partition coefficient (Wildman–Crippen LogP) is 2.83. The lowest BCUT2D eigenvalue weighted by Crippen LogP contribution is -2.15. The Morgan fingerprint density at radius 3 is 2.76 bits per heavy atom. The largest absolute Gasteiger partial charge is 0.354 e. The molecule has 1 aromatic heterocycles. The van der Waals surface area contributed by atoms with Gasteiger partial charge in [-0.25, -0.2) is 18.7 Å². The van der Waals surface area contributed by atoms with E-state index in [1.807, 2.05) is 6.92 Å². The monoisotopic (exact) mass is 292 g/mol. The van der Waals surface area contributed by atoms with E-state index in [1.165, 1.54) is 18.3 Å². The molecule has 2 rings (SSSR count). The van der Waals surface area contributed by atoms with Crippen molar-refractivity contribution < 1.29 is 13.6 Å². The number of hydrogen-bond donors (Lipinski definition) is 2. The molecule has 0 saturated carbocycles. The summed E-state index contributed by atoms with van der Waals surface area (Å²) in [6.07, 6.45) is 2.35. The smallest absolute Gasteiger partial charge is 0.274 e. The molecular formula is C14H14F2N4O. The standard InChI is InChI=1S/C14H14F2N4O/c1-2-6-17-14-18-7-5-12(20-14)13(21)19-9-3-4-10(15)11(16)8-9/h3-5,7-8H,2,6H2,1H3,(H,19,21)(H,17,18,20). The minimum Gasteiger partial charge on any atom is -0.354 e. The van der Waals surface area contributed by atoms with Crippen LogP contribution in [-0.2, 0) is 0 Å². The summed E-state index contributed by atoms with van der Waals surface area (Å²) in [5.74, 6) is -2.18. The van der Waals surface area contributed by atoms with Gasteiger partial charge in [0, 0.05) is 24.5 Å². The quantitative estimate of drug-likeness (QED) is 0.889. The summed E-state index contributed by atoms with van der Waals surface area (Å²) in [4.78, 5) is 20.0. The van der Waals surface area contributed by atoms with Gasteiger partial charge in [0.15, 0.2) is 11.6 Å². The summed E-state index contributed by atoms with van der Waals surface area (Å²) >= 11 is 0. The van der Waals surface area contributed by atoms with Crippen LogP contribution in [0.4, 0.5) is 20.4 Å². The lowest BCUT2D eigenvalue weighted by atomic mass is 10.3. The minimum absolute atomic E-state index is 0.133. The zero-order valence-electron chi connectivity index (χ0n) is 11.4. The third kappa shape index (κ3) is 3.95. The van der Waals surface area contributed by atoms with E-state index in [2.05, 4.69) is 20.6 Å². The van der Waals surface area contributed by atoms with Crippen LogP contribution in [0.15, 0.2) is 30.5 Å². The number of rotatable bonds is 5. The molecule has 2 aromatic rings. The Balaban J connectivity index is 2.10. The maximum atomic E-state index is 13.1. The van der Waals surface area contributed by atoms with Gasteiger partial charge in [-0.1, -0.05) is 6.92 Å². The van der Waals surface area contributed by atoms with Crippen LogP contribution in [0.5, 0.6) is 0 Å². The Hall–Kier alpha value is -2.57. The van der Waals surface area contributed by atoms with Crippen LogP contribution in [-0.4, -0.2) is 22.4 Å². The summed E-state index contributed by atoms with van der Waals surface area (Å²) in [6, 6.07) is 4.56. The number of carbonyl (C=O) groups excluding carboxylic acids is 1. The number of aromatic nitrogens is 2. The highest BCUT2D eigenvalue weighted by Gasteiger charge is 2.10. The summed E-state index contributed by atoms with van der Waals surface area (Å²) < 4.78 is 25.9. The van der Waals surface area contributed by atoms with E-state index in [9.17, 15) is 13.6 Å². The number of nitrogens with zero attached hydrogens (tertiary/aromatic N) is 2. The lowest BCUT2D eigenvalue weighted by molar-refractivity contribution is 0.102. The number of nitrogens with one attached hydrogen (secondary N) is 2. The van der Waals surface area contributed by atoms with Crippen molar-refractivity contribution in [1.82, 2.24) is 9.97 Å². The summed E-state index contributed by atoms with van der Waals surface area (Å²) in [5, 5.41) is 5.40. The molecule has 0 aliphatic carbocycles. The van der Waals surface area contributed by atoms with Crippen molar-refractivity contribution in [2.45, 2.75) is 13.3 Å². The third-order valence-corrected chi connectivity index (χ3v) is 2.60. The van der Waals surface area contributed by atoms with Crippen LogP contribution in [0.3, 0.4) is 0 Å². The molecule has 110 valence electrons. The van der Waals surface area contributed by atoms with Crippen molar-refractivity contribution in [3.8, 4) is 0 Å². The van der Waals surface area contributed by atoms with Gasteiger partial charge in [0.2, 0.25) is 5.95 Å². The molecule has 21 heavy (non-hydrogen) atoms. The van der Waals surface area contributed by atoms with Gasteiger partial charge in [-0.05, 0) is 24.6 Å². The van der Waals surface area contributed by atoms with Crippen LogP contribution < -0.4 is 10.6 Å². The van der Waals surface area contributed by atoms with E-state index in [-0.39, 0.29) is 11.4 Å². The van der Waals surface area contributed by atoms with Crippen LogP contribution in [0.25, 0.3) is 0 Å².